The van der Waals surface area contributed by atoms with Crippen molar-refractivity contribution in [3.8, 4) is 0 Å². The van der Waals surface area contributed by atoms with E-state index in [1.165, 1.54) is 12.8 Å². The first-order chi connectivity index (χ1) is 11.7. The van der Waals surface area contributed by atoms with E-state index in [0.717, 1.165) is 51.3 Å². The predicted molar refractivity (Wildman–Crippen MR) is 99.2 cm³/mol. The predicted octanol–water partition coefficient (Wildman–Crippen LogP) is 2.58. The highest BCUT2D eigenvalue weighted by Crippen LogP contribution is 2.27. The lowest BCUT2D eigenvalue weighted by Gasteiger charge is -2.36. The maximum absolute atomic E-state index is 12.5. The molecule has 2 fully saturated rings. The van der Waals surface area contributed by atoms with Gasteiger partial charge in [-0.15, -0.1) is 0 Å². The Labute approximate surface area is 149 Å². The summed E-state index contributed by atoms with van der Waals surface area (Å²) in [5.41, 5.74) is 1.10. The average Bonchev–Trinajstić information content (AvgIpc) is 2.63. The molecule has 0 aromatic carbocycles. The Balaban J connectivity index is 1.42. The normalized spacial score (nSPS) is 25.5. The average molecular weight is 349 g/mol. The summed E-state index contributed by atoms with van der Waals surface area (Å²) in [5, 5.41) is 3.97. The number of nitrogens with zero attached hydrogens (tertiary/aromatic N) is 3. The molecule has 1 aliphatic heterocycles. The highest BCUT2D eigenvalue weighted by atomic mass is 32.2. The van der Waals surface area contributed by atoms with Crippen LogP contribution in [0.1, 0.15) is 31.4 Å². The first-order valence-corrected chi connectivity index (χ1v) is 10.2. The third-order valence-corrected chi connectivity index (χ3v) is 6.15. The summed E-state index contributed by atoms with van der Waals surface area (Å²) in [4.78, 5) is 21.2. The van der Waals surface area contributed by atoms with E-state index in [9.17, 15) is 4.79 Å². The Morgan fingerprint density at radius 3 is 2.83 bits per heavy atom. The number of urea groups is 1. The molecular formula is C18H28N4OS. The molecule has 2 amide bonds. The molecule has 0 bridgehead atoms. The second-order valence-electron chi connectivity index (χ2n) is 6.76. The van der Waals surface area contributed by atoms with Gasteiger partial charge in [0.1, 0.15) is 0 Å². The molecule has 2 unspecified atom stereocenters. The molecular weight excluding hydrogens is 320 g/mol. The summed E-state index contributed by atoms with van der Waals surface area (Å²) in [5.74, 6) is 0. The van der Waals surface area contributed by atoms with Crippen molar-refractivity contribution in [2.24, 2.45) is 0 Å². The number of aromatic nitrogens is 1. The van der Waals surface area contributed by atoms with Crippen molar-refractivity contribution in [3.05, 3.63) is 30.1 Å². The van der Waals surface area contributed by atoms with Crippen LogP contribution in [0.3, 0.4) is 0 Å². The van der Waals surface area contributed by atoms with Crippen LogP contribution in [0.4, 0.5) is 4.79 Å². The Morgan fingerprint density at radius 1 is 1.29 bits per heavy atom. The molecule has 2 aliphatic rings. The Bertz CT molecular complexity index is 519. The maximum Gasteiger partial charge on any atom is 0.317 e. The molecule has 3 rings (SSSR count). The number of hydrogen-bond acceptors (Lipinski definition) is 4. The van der Waals surface area contributed by atoms with Gasteiger partial charge in [-0.1, -0.05) is 12.5 Å². The quantitative estimate of drug-likeness (QED) is 0.909. The molecule has 0 spiro atoms. The van der Waals surface area contributed by atoms with Gasteiger partial charge < -0.3 is 10.2 Å². The van der Waals surface area contributed by atoms with Gasteiger partial charge >= 0.3 is 6.03 Å². The fraction of sp³-hybridized carbons (Fsp3) is 0.667. The van der Waals surface area contributed by atoms with Crippen molar-refractivity contribution in [2.75, 3.05) is 32.4 Å². The fourth-order valence-electron chi connectivity index (χ4n) is 3.59. The summed E-state index contributed by atoms with van der Waals surface area (Å²) in [7, 11) is 0. The summed E-state index contributed by atoms with van der Waals surface area (Å²) in [6.07, 6.45) is 8.78. The largest absolute Gasteiger partial charge is 0.335 e. The van der Waals surface area contributed by atoms with Gasteiger partial charge in [0.15, 0.2) is 0 Å². The monoisotopic (exact) mass is 348 g/mol. The number of carbonyl (C=O) groups excluding carboxylic acids is 1. The SMILES string of the molecule is CSC1CCCC(NC(=O)N2CCN(Cc3ccccn3)CC2)C1. The van der Waals surface area contributed by atoms with Crippen LogP contribution >= 0.6 is 11.8 Å². The van der Waals surface area contributed by atoms with Gasteiger partial charge in [0.2, 0.25) is 0 Å². The molecule has 1 saturated heterocycles. The van der Waals surface area contributed by atoms with Gasteiger partial charge in [-0.25, -0.2) is 4.79 Å². The molecule has 2 heterocycles. The number of rotatable bonds is 4. The van der Waals surface area contributed by atoms with E-state index < -0.39 is 0 Å². The topological polar surface area (TPSA) is 48.5 Å². The zero-order valence-electron chi connectivity index (χ0n) is 14.5. The molecule has 1 aliphatic carbocycles. The number of nitrogens with one attached hydrogen (secondary N) is 1. The minimum Gasteiger partial charge on any atom is -0.335 e. The lowest BCUT2D eigenvalue weighted by Crippen LogP contribution is -2.53. The van der Waals surface area contributed by atoms with Gasteiger partial charge in [-0.3, -0.25) is 9.88 Å². The van der Waals surface area contributed by atoms with Crippen LogP contribution in [0.2, 0.25) is 0 Å². The summed E-state index contributed by atoms with van der Waals surface area (Å²) in [6, 6.07) is 6.51. The summed E-state index contributed by atoms with van der Waals surface area (Å²) >= 11 is 1.94. The zero-order valence-corrected chi connectivity index (χ0v) is 15.3. The van der Waals surface area contributed by atoms with Crippen molar-refractivity contribution in [1.29, 1.82) is 0 Å². The summed E-state index contributed by atoms with van der Waals surface area (Å²) < 4.78 is 0. The second-order valence-corrected chi connectivity index (χ2v) is 7.89. The van der Waals surface area contributed by atoms with Crippen molar-refractivity contribution in [2.45, 2.75) is 43.5 Å². The van der Waals surface area contributed by atoms with Gasteiger partial charge in [0, 0.05) is 50.2 Å². The number of hydrogen-bond donors (Lipinski definition) is 1. The molecule has 1 saturated carbocycles. The van der Waals surface area contributed by atoms with Crippen LogP contribution in [0.5, 0.6) is 0 Å². The third-order valence-electron chi connectivity index (χ3n) is 5.06. The van der Waals surface area contributed by atoms with Crippen LogP contribution in [0.25, 0.3) is 0 Å². The van der Waals surface area contributed by atoms with Crippen LogP contribution in [-0.2, 0) is 6.54 Å². The van der Waals surface area contributed by atoms with E-state index >= 15 is 0 Å². The molecule has 132 valence electrons. The number of amides is 2. The zero-order chi connectivity index (χ0) is 16.8. The van der Waals surface area contributed by atoms with Crippen molar-refractivity contribution in [3.63, 3.8) is 0 Å². The lowest BCUT2D eigenvalue weighted by atomic mass is 9.95. The number of thioether (sulfide) groups is 1. The molecule has 1 aromatic rings. The van der Waals surface area contributed by atoms with Crippen LogP contribution in [0.15, 0.2) is 24.4 Å². The van der Waals surface area contributed by atoms with E-state index in [2.05, 4.69) is 27.5 Å². The second kappa shape index (κ2) is 8.72. The van der Waals surface area contributed by atoms with Crippen molar-refractivity contribution in [1.82, 2.24) is 20.1 Å². The third kappa shape index (κ3) is 4.86. The molecule has 2 atom stereocenters. The number of pyridine rings is 1. The number of carbonyl (C=O) groups is 1. The van der Waals surface area contributed by atoms with Crippen LogP contribution in [-0.4, -0.2) is 64.5 Å². The van der Waals surface area contributed by atoms with E-state index in [-0.39, 0.29) is 6.03 Å². The van der Waals surface area contributed by atoms with Gasteiger partial charge in [-0.2, -0.15) is 11.8 Å². The van der Waals surface area contributed by atoms with Crippen molar-refractivity contribution < 1.29 is 4.79 Å². The Kier molecular flexibility index (Phi) is 6.37. The molecule has 1 N–H and O–H groups in total. The van der Waals surface area contributed by atoms with E-state index in [0.29, 0.717) is 11.3 Å². The molecule has 24 heavy (non-hydrogen) atoms. The Morgan fingerprint density at radius 2 is 2.12 bits per heavy atom. The number of piperazine rings is 1. The first-order valence-electron chi connectivity index (χ1n) is 8.95. The molecule has 0 radical (unpaired) electrons. The van der Waals surface area contributed by atoms with E-state index in [1.54, 1.807) is 0 Å². The lowest BCUT2D eigenvalue weighted by molar-refractivity contribution is 0.131. The smallest absolute Gasteiger partial charge is 0.317 e. The van der Waals surface area contributed by atoms with Gasteiger partial charge in [-0.05, 0) is 37.7 Å². The first kappa shape index (κ1) is 17.5. The van der Waals surface area contributed by atoms with Gasteiger partial charge in [0.25, 0.3) is 0 Å². The van der Waals surface area contributed by atoms with Gasteiger partial charge in [0.05, 0.1) is 5.69 Å². The fourth-order valence-corrected chi connectivity index (χ4v) is 4.41. The highest BCUT2D eigenvalue weighted by Gasteiger charge is 2.26. The standard InChI is InChI=1S/C18H28N4OS/c1-24-17-7-4-6-15(13-17)20-18(23)22-11-9-21(10-12-22)14-16-5-2-3-8-19-16/h2-3,5,8,15,17H,4,6-7,9-14H2,1H3,(H,20,23). The molecule has 1 aromatic heterocycles. The molecule has 5 nitrogen and oxygen atoms in total. The van der Waals surface area contributed by atoms with Crippen molar-refractivity contribution >= 4 is 17.8 Å². The highest BCUT2D eigenvalue weighted by molar-refractivity contribution is 7.99. The van der Waals surface area contributed by atoms with Crippen LogP contribution < -0.4 is 5.32 Å². The molecule has 6 heteroatoms. The Hall–Kier alpha value is -1.27. The minimum atomic E-state index is 0.124. The van der Waals surface area contributed by atoms with Crippen LogP contribution in [0, 0.1) is 0 Å². The minimum absolute atomic E-state index is 0.124. The van der Waals surface area contributed by atoms with E-state index in [1.807, 2.05) is 35.0 Å². The van der Waals surface area contributed by atoms with E-state index in [4.69, 9.17) is 0 Å². The summed E-state index contributed by atoms with van der Waals surface area (Å²) in [6.45, 7) is 4.31. The maximum atomic E-state index is 12.5.